The van der Waals surface area contributed by atoms with E-state index in [4.69, 9.17) is 9.47 Å². The van der Waals surface area contributed by atoms with Crippen LogP contribution in [0, 0.1) is 10.5 Å². The van der Waals surface area contributed by atoms with Crippen molar-refractivity contribution in [3.63, 3.8) is 0 Å². The van der Waals surface area contributed by atoms with Crippen LogP contribution in [0.5, 0.6) is 11.5 Å². The zero-order valence-electron chi connectivity index (χ0n) is 17.4. The van der Waals surface area contributed by atoms with Crippen molar-refractivity contribution in [3.05, 3.63) is 96.0 Å². The Labute approximate surface area is 207 Å². The van der Waals surface area contributed by atoms with Crippen molar-refractivity contribution < 1.29 is 9.47 Å². The quantitative estimate of drug-likeness (QED) is 0.214. The van der Waals surface area contributed by atoms with Crippen LogP contribution in [0.3, 0.4) is 0 Å². The van der Waals surface area contributed by atoms with Gasteiger partial charge in [0, 0.05) is 4.47 Å². The molecule has 0 bridgehead atoms. The molecule has 162 valence electrons. The Morgan fingerprint density at radius 3 is 2.69 bits per heavy atom. The molecule has 3 aromatic carbocycles. The van der Waals surface area contributed by atoms with E-state index in [0.717, 1.165) is 19.2 Å². The molecule has 1 heterocycles. The smallest absolute Gasteiger partial charge is 0.282 e. The molecule has 0 fully saturated rings. The molecule has 0 saturated carbocycles. The Morgan fingerprint density at radius 2 is 1.94 bits per heavy atom. The number of hydrogen-bond acceptors (Lipinski definition) is 5. The van der Waals surface area contributed by atoms with Gasteiger partial charge in [0.1, 0.15) is 12.4 Å². The minimum Gasteiger partial charge on any atom is -0.493 e. The molecule has 0 radical (unpaired) electrons. The van der Waals surface area contributed by atoms with Crippen molar-refractivity contribution in [1.82, 2.24) is 9.66 Å². The van der Waals surface area contributed by atoms with Crippen LogP contribution in [0.1, 0.15) is 17.0 Å². The summed E-state index contributed by atoms with van der Waals surface area (Å²) in [6.07, 6.45) is 1.62. The summed E-state index contributed by atoms with van der Waals surface area (Å²) in [6.45, 7) is 2.19. The van der Waals surface area contributed by atoms with Gasteiger partial charge >= 0.3 is 0 Å². The maximum Gasteiger partial charge on any atom is 0.282 e. The largest absolute Gasteiger partial charge is 0.493 e. The van der Waals surface area contributed by atoms with E-state index >= 15 is 0 Å². The Kier molecular flexibility index (Phi) is 6.90. The SMILES string of the molecule is COc1cc(C=Nn2c(C)nc3ccc(Br)cc3c2=O)cc(I)c1OCc1ccccc1. The predicted octanol–water partition coefficient (Wildman–Crippen LogP) is 5.54. The van der Waals surface area contributed by atoms with Crippen LogP contribution in [0.15, 0.2) is 75.0 Å². The number of fused-ring (bicyclic) bond motifs is 1. The zero-order valence-corrected chi connectivity index (χ0v) is 21.1. The fourth-order valence-corrected chi connectivity index (χ4v) is 4.35. The average Bonchev–Trinajstić information content (AvgIpc) is 2.79. The number of halogens is 2. The number of aryl methyl sites for hydroxylation is 1. The Balaban J connectivity index is 1.65. The normalized spacial score (nSPS) is 11.2. The minimum atomic E-state index is -0.227. The highest BCUT2D eigenvalue weighted by Gasteiger charge is 2.12. The summed E-state index contributed by atoms with van der Waals surface area (Å²) < 4.78 is 14.6. The number of rotatable bonds is 6. The van der Waals surface area contributed by atoms with Crippen LogP contribution >= 0.6 is 38.5 Å². The number of benzene rings is 3. The lowest BCUT2D eigenvalue weighted by atomic mass is 10.2. The van der Waals surface area contributed by atoms with Gasteiger partial charge < -0.3 is 9.47 Å². The van der Waals surface area contributed by atoms with E-state index in [1.165, 1.54) is 4.68 Å². The maximum atomic E-state index is 12.9. The number of methoxy groups -OCH3 is 1. The monoisotopic (exact) mass is 603 g/mol. The van der Waals surface area contributed by atoms with Crippen LogP contribution in [0.2, 0.25) is 0 Å². The highest BCUT2D eigenvalue weighted by molar-refractivity contribution is 14.1. The molecule has 0 N–H and O–H groups in total. The molecule has 4 aromatic rings. The van der Waals surface area contributed by atoms with Gasteiger partial charge in [-0.3, -0.25) is 4.79 Å². The number of ether oxygens (including phenoxy) is 2. The molecule has 0 spiro atoms. The van der Waals surface area contributed by atoms with E-state index in [9.17, 15) is 4.79 Å². The minimum absolute atomic E-state index is 0.227. The van der Waals surface area contributed by atoms with Gasteiger partial charge in [0.25, 0.3) is 5.56 Å². The first-order chi connectivity index (χ1) is 15.5. The summed E-state index contributed by atoms with van der Waals surface area (Å²) in [5, 5.41) is 4.90. The van der Waals surface area contributed by atoms with Crippen molar-refractivity contribution in [1.29, 1.82) is 0 Å². The van der Waals surface area contributed by atoms with Gasteiger partial charge in [-0.15, -0.1) is 0 Å². The number of aromatic nitrogens is 2. The van der Waals surface area contributed by atoms with E-state index < -0.39 is 0 Å². The second-order valence-electron chi connectivity index (χ2n) is 6.99. The zero-order chi connectivity index (χ0) is 22.7. The van der Waals surface area contributed by atoms with E-state index in [1.54, 1.807) is 26.3 Å². The lowest BCUT2D eigenvalue weighted by molar-refractivity contribution is 0.282. The molecule has 4 rings (SSSR count). The summed E-state index contributed by atoms with van der Waals surface area (Å²) in [4.78, 5) is 17.4. The summed E-state index contributed by atoms with van der Waals surface area (Å²) in [5.74, 6) is 1.77. The lowest BCUT2D eigenvalue weighted by Crippen LogP contribution is -2.20. The second kappa shape index (κ2) is 9.83. The third-order valence-electron chi connectivity index (χ3n) is 4.77. The lowest BCUT2D eigenvalue weighted by Gasteiger charge is -2.13. The third kappa shape index (κ3) is 4.86. The fourth-order valence-electron chi connectivity index (χ4n) is 3.20. The van der Waals surface area contributed by atoms with Gasteiger partial charge in [-0.2, -0.15) is 9.78 Å². The Morgan fingerprint density at radius 1 is 1.16 bits per heavy atom. The fraction of sp³-hybridized carbons (Fsp3) is 0.125. The molecule has 0 unspecified atom stereocenters. The van der Waals surface area contributed by atoms with Crippen LogP contribution in [0.25, 0.3) is 10.9 Å². The van der Waals surface area contributed by atoms with Crippen LogP contribution in [-0.2, 0) is 6.61 Å². The number of hydrogen-bond donors (Lipinski definition) is 0. The van der Waals surface area contributed by atoms with Crippen molar-refractivity contribution >= 4 is 55.6 Å². The first-order valence-corrected chi connectivity index (χ1v) is 11.6. The van der Waals surface area contributed by atoms with Crippen molar-refractivity contribution in [2.75, 3.05) is 7.11 Å². The van der Waals surface area contributed by atoms with Crippen molar-refractivity contribution in [2.24, 2.45) is 5.10 Å². The van der Waals surface area contributed by atoms with Crippen molar-refractivity contribution in [2.45, 2.75) is 13.5 Å². The molecule has 6 nitrogen and oxygen atoms in total. The molecule has 0 aliphatic heterocycles. The van der Waals surface area contributed by atoms with Crippen LogP contribution in [0.4, 0.5) is 0 Å². The third-order valence-corrected chi connectivity index (χ3v) is 6.06. The molecule has 8 heteroatoms. The standard InChI is InChI=1S/C24H19BrIN3O3/c1-15-28-21-9-8-18(25)12-19(21)24(30)29(15)27-13-17-10-20(26)23(22(11-17)31-2)32-14-16-6-4-3-5-7-16/h3-13H,14H2,1-2H3. The first-order valence-electron chi connectivity index (χ1n) is 9.74. The van der Waals surface area contributed by atoms with Gasteiger partial charge in [-0.25, -0.2) is 4.98 Å². The van der Waals surface area contributed by atoms with E-state index in [0.29, 0.717) is 34.8 Å². The molecule has 32 heavy (non-hydrogen) atoms. The Hall–Kier alpha value is -2.72. The van der Waals surface area contributed by atoms with Gasteiger partial charge in [0.2, 0.25) is 0 Å². The summed E-state index contributed by atoms with van der Waals surface area (Å²) in [5.41, 5.74) is 2.26. The molecular weight excluding hydrogens is 585 g/mol. The first kappa shape index (κ1) is 22.5. The molecular formula is C24H19BrIN3O3. The molecule has 0 saturated heterocycles. The predicted molar refractivity (Wildman–Crippen MR) is 138 cm³/mol. The second-order valence-corrected chi connectivity index (χ2v) is 9.07. The van der Waals surface area contributed by atoms with Crippen molar-refractivity contribution in [3.8, 4) is 11.5 Å². The van der Waals surface area contributed by atoms with Gasteiger partial charge in [-0.05, 0) is 71.0 Å². The highest BCUT2D eigenvalue weighted by Crippen LogP contribution is 2.34. The Bertz CT molecular complexity index is 1370. The van der Waals surface area contributed by atoms with Crippen LogP contribution < -0.4 is 15.0 Å². The molecule has 0 aliphatic rings. The van der Waals surface area contributed by atoms with E-state index in [2.05, 4.69) is 48.6 Å². The summed E-state index contributed by atoms with van der Waals surface area (Å²) in [7, 11) is 1.60. The van der Waals surface area contributed by atoms with Crippen LogP contribution in [-0.4, -0.2) is 23.0 Å². The number of nitrogens with zero attached hydrogens (tertiary/aromatic N) is 3. The molecule has 0 amide bonds. The summed E-state index contributed by atoms with van der Waals surface area (Å²) in [6, 6.07) is 19.1. The topological polar surface area (TPSA) is 65.7 Å². The molecule has 0 atom stereocenters. The van der Waals surface area contributed by atoms with Gasteiger partial charge in [-0.1, -0.05) is 46.3 Å². The molecule has 0 aliphatic carbocycles. The average molecular weight is 604 g/mol. The highest BCUT2D eigenvalue weighted by atomic mass is 127. The van der Waals surface area contributed by atoms with E-state index in [-0.39, 0.29) is 5.56 Å². The maximum absolute atomic E-state index is 12.9. The van der Waals surface area contributed by atoms with Gasteiger partial charge in [0.05, 0.1) is 27.8 Å². The summed E-state index contributed by atoms with van der Waals surface area (Å²) >= 11 is 5.61. The van der Waals surface area contributed by atoms with Gasteiger partial charge in [0.15, 0.2) is 11.5 Å². The molecule has 1 aromatic heterocycles. The van der Waals surface area contributed by atoms with E-state index in [1.807, 2.05) is 54.6 Å².